The lowest BCUT2D eigenvalue weighted by Crippen LogP contribution is -2.51. The molecule has 3 rings (SSSR count). The quantitative estimate of drug-likeness (QED) is 0.331. The Hall–Kier alpha value is -3.35. The van der Waals surface area contributed by atoms with Crippen LogP contribution in [0.4, 0.5) is 4.79 Å². The molecule has 0 spiro atoms. The molecule has 1 aromatic heterocycles. The van der Waals surface area contributed by atoms with Crippen LogP contribution in [-0.4, -0.2) is 41.9 Å². The lowest BCUT2D eigenvalue weighted by Gasteiger charge is -2.38. The summed E-state index contributed by atoms with van der Waals surface area (Å²) in [6.07, 6.45) is 10.3. The zero-order chi connectivity index (χ0) is 25.5. The molecular formula is C28H38N4O3. The molecule has 1 fully saturated rings. The molecule has 1 saturated carbocycles. The van der Waals surface area contributed by atoms with Crippen LogP contribution in [0.2, 0.25) is 0 Å². The third kappa shape index (κ3) is 6.84. The smallest absolute Gasteiger partial charge is 0.408 e. The van der Waals surface area contributed by atoms with Gasteiger partial charge in [0, 0.05) is 41.2 Å². The number of aromatic nitrogens is 1. The maximum Gasteiger partial charge on any atom is 0.408 e. The number of amides is 2. The summed E-state index contributed by atoms with van der Waals surface area (Å²) in [5.74, 6) is -0.256. The van der Waals surface area contributed by atoms with Gasteiger partial charge in [0.25, 0.3) is 0 Å². The van der Waals surface area contributed by atoms with Gasteiger partial charge in [-0.3, -0.25) is 9.79 Å². The summed E-state index contributed by atoms with van der Waals surface area (Å²) in [5.41, 5.74) is 1.82. The van der Waals surface area contributed by atoms with E-state index < -0.39 is 17.7 Å². The molecular weight excluding hydrogens is 440 g/mol. The Morgan fingerprint density at radius 2 is 1.94 bits per heavy atom. The van der Waals surface area contributed by atoms with Crippen molar-refractivity contribution in [2.75, 3.05) is 6.54 Å². The molecule has 0 bridgehead atoms. The fourth-order valence-corrected chi connectivity index (χ4v) is 4.82. The van der Waals surface area contributed by atoms with Gasteiger partial charge < -0.3 is 20.4 Å². The van der Waals surface area contributed by atoms with E-state index in [1.807, 2.05) is 36.5 Å². The number of hydrogen-bond donors (Lipinski definition) is 3. The largest absolute Gasteiger partial charge is 0.444 e. The fourth-order valence-electron chi connectivity index (χ4n) is 4.82. The number of ether oxygens (including phenoxy) is 1. The van der Waals surface area contributed by atoms with Crippen LogP contribution < -0.4 is 10.6 Å². The number of aliphatic imine (C=N–C) groups is 1. The van der Waals surface area contributed by atoms with Crippen molar-refractivity contribution in [3.05, 3.63) is 60.5 Å². The van der Waals surface area contributed by atoms with Crippen LogP contribution in [0.15, 0.2) is 59.9 Å². The number of allylic oxidation sites excluding steroid dienone is 2. The van der Waals surface area contributed by atoms with Crippen molar-refractivity contribution >= 4 is 29.6 Å². The summed E-state index contributed by atoms with van der Waals surface area (Å²) in [6, 6.07) is 7.10. The van der Waals surface area contributed by atoms with Gasteiger partial charge in [0.2, 0.25) is 5.91 Å². The molecule has 1 aliphatic rings. The Kier molecular flexibility index (Phi) is 8.54. The first-order valence-electron chi connectivity index (χ1n) is 12.3. The van der Waals surface area contributed by atoms with Crippen LogP contribution in [0.3, 0.4) is 0 Å². The van der Waals surface area contributed by atoms with Crippen molar-refractivity contribution in [1.29, 1.82) is 0 Å². The van der Waals surface area contributed by atoms with E-state index in [1.54, 1.807) is 26.8 Å². The summed E-state index contributed by atoms with van der Waals surface area (Å²) >= 11 is 0. The molecule has 0 aliphatic heterocycles. The molecule has 1 aromatic carbocycles. The minimum absolute atomic E-state index is 0.256. The minimum atomic E-state index is -0.798. The summed E-state index contributed by atoms with van der Waals surface area (Å²) in [5, 5.41) is 6.92. The predicted octanol–water partition coefficient (Wildman–Crippen LogP) is 5.44. The molecule has 0 radical (unpaired) electrons. The number of fused-ring (bicyclic) bond motifs is 1. The van der Waals surface area contributed by atoms with Gasteiger partial charge in [0.15, 0.2) is 0 Å². The predicted molar refractivity (Wildman–Crippen MR) is 142 cm³/mol. The van der Waals surface area contributed by atoms with Crippen molar-refractivity contribution in [2.45, 2.75) is 70.9 Å². The number of alkyl carbamates (subject to hydrolysis) is 1. The fraction of sp³-hybridized carbons (Fsp3) is 0.464. The molecule has 0 saturated heterocycles. The molecule has 1 aliphatic carbocycles. The highest BCUT2D eigenvalue weighted by atomic mass is 16.6. The SMILES string of the molecule is C=C/C=C(\N=C)C1(CNC(=O)C(Cc2c[nH]c3ccccc23)NC(=O)OC(C)(C)C)CCCCC1. The zero-order valence-electron chi connectivity index (χ0n) is 21.2. The topological polar surface area (TPSA) is 95.6 Å². The minimum Gasteiger partial charge on any atom is -0.444 e. The van der Waals surface area contributed by atoms with E-state index in [9.17, 15) is 9.59 Å². The highest BCUT2D eigenvalue weighted by Crippen LogP contribution is 2.42. The number of nitrogens with one attached hydrogen (secondary N) is 3. The van der Waals surface area contributed by atoms with Gasteiger partial charge in [-0.05, 0) is 58.0 Å². The van der Waals surface area contributed by atoms with Gasteiger partial charge in [-0.2, -0.15) is 0 Å². The van der Waals surface area contributed by atoms with Gasteiger partial charge in [0.05, 0.1) is 0 Å². The summed E-state index contributed by atoms with van der Waals surface area (Å²) in [4.78, 5) is 33.6. The Labute approximate surface area is 208 Å². The first kappa shape index (κ1) is 26.3. The molecule has 188 valence electrons. The van der Waals surface area contributed by atoms with Crippen molar-refractivity contribution in [2.24, 2.45) is 10.4 Å². The monoisotopic (exact) mass is 478 g/mol. The van der Waals surface area contributed by atoms with Crippen LogP contribution in [0.5, 0.6) is 0 Å². The molecule has 1 unspecified atom stereocenters. The Bertz CT molecular complexity index is 1090. The average Bonchev–Trinajstić information content (AvgIpc) is 3.23. The molecule has 7 heteroatoms. The van der Waals surface area contributed by atoms with E-state index in [-0.39, 0.29) is 11.3 Å². The third-order valence-corrected chi connectivity index (χ3v) is 6.51. The number of benzene rings is 1. The van der Waals surface area contributed by atoms with Crippen LogP contribution >= 0.6 is 0 Å². The van der Waals surface area contributed by atoms with E-state index in [0.29, 0.717) is 13.0 Å². The van der Waals surface area contributed by atoms with E-state index in [1.165, 1.54) is 0 Å². The number of H-pyrrole nitrogens is 1. The Morgan fingerprint density at radius 3 is 2.60 bits per heavy atom. The number of para-hydroxylation sites is 1. The van der Waals surface area contributed by atoms with Crippen LogP contribution in [0.1, 0.15) is 58.4 Å². The standard InChI is InChI=1S/C28H38N4O3/c1-6-12-24(29-5)28(15-10-7-11-16-28)19-31-25(33)23(32-26(34)35-27(2,3)4)17-20-18-30-22-14-9-8-13-21(20)22/h6,8-9,12-14,18,23,30H,1,5,7,10-11,15-17,19H2,2-4H3,(H,31,33)(H,32,34)/b24-12-. The van der Waals surface area contributed by atoms with E-state index in [2.05, 4.69) is 33.9 Å². The van der Waals surface area contributed by atoms with Crippen molar-refractivity contribution in [3.8, 4) is 0 Å². The summed E-state index contributed by atoms with van der Waals surface area (Å²) in [7, 11) is 0. The third-order valence-electron chi connectivity index (χ3n) is 6.51. The first-order chi connectivity index (χ1) is 16.7. The molecule has 1 atom stereocenters. The molecule has 3 N–H and O–H groups in total. The maximum absolute atomic E-state index is 13.5. The number of carbonyl (C=O) groups is 2. The van der Waals surface area contributed by atoms with E-state index >= 15 is 0 Å². The normalized spacial score (nSPS) is 16.8. The second-order valence-corrected chi connectivity index (χ2v) is 10.3. The molecule has 2 amide bonds. The molecule has 2 aromatic rings. The highest BCUT2D eigenvalue weighted by Gasteiger charge is 2.37. The van der Waals surface area contributed by atoms with Gasteiger partial charge in [-0.15, -0.1) is 0 Å². The van der Waals surface area contributed by atoms with Crippen LogP contribution in [-0.2, 0) is 16.0 Å². The van der Waals surface area contributed by atoms with Crippen molar-refractivity contribution < 1.29 is 14.3 Å². The Morgan fingerprint density at radius 1 is 1.23 bits per heavy atom. The number of hydrogen-bond acceptors (Lipinski definition) is 4. The first-order valence-corrected chi connectivity index (χ1v) is 12.3. The van der Waals surface area contributed by atoms with Crippen LogP contribution in [0, 0.1) is 5.41 Å². The summed E-state index contributed by atoms with van der Waals surface area (Å²) < 4.78 is 5.45. The molecule has 35 heavy (non-hydrogen) atoms. The highest BCUT2D eigenvalue weighted by molar-refractivity contribution is 5.88. The van der Waals surface area contributed by atoms with Gasteiger partial charge in [0.1, 0.15) is 11.6 Å². The van der Waals surface area contributed by atoms with E-state index in [4.69, 9.17) is 4.74 Å². The summed E-state index contributed by atoms with van der Waals surface area (Å²) in [6.45, 7) is 13.4. The molecule has 7 nitrogen and oxygen atoms in total. The van der Waals surface area contributed by atoms with Crippen LogP contribution in [0.25, 0.3) is 10.9 Å². The van der Waals surface area contributed by atoms with Gasteiger partial charge >= 0.3 is 6.09 Å². The second-order valence-electron chi connectivity index (χ2n) is 10.3. The van der Waals surface area contributed by atoms with Gasteiger partial charge in [-0.1, -0.05) is 50.1 Å². The lowest BCUT2D eigenvalue weighted by molar-refractivity contribution is -0.123. The zero-order valence-corrected chi connectivity index (χ0v) is 21.2. The number of carbonyl (C=O) groups excluding carboxylic acids is 2. The average molecular weight is 479 g/mol. The van der Waals surface area contributed by atoms with Gasteiger partial charge in [-0.25, -0.2) is 4.79 Å². The number of rotatable bonds is 9. The van der Waals surface area contributed by atoms with Crippen molar-refractivity contribution in [1.82, 2.24) is 15.6 Å². The van der Waals surface area contributed by atoms with Crippen molar-refractivity contribution in [3.63, 3.8) is 0 Å². The second kappa shape index (κ2) is 11.4. The number of nitrogens with zero attached hydrogens (tertiary/aromatic N) is 1. The Balaban J connectivity index is 1.82. The maximum atomic E-state index is 13.5. The number of aromatic amines is 1. The molecule has 1 heterocycles. The lowest BCUT2D eigenvalue weighted by atomic mass is 9.71. The van der Waals surface area contributed by atoms with E-state index in [0.717, 1.165) is 54.3 Å².